The molecular formula is C63H86N11NaO20S. The van der Waals surface area contributed by atoms with Gasteiger partial charge in [0.05, 0.1) is 36.9 Å². The summed E-state index contributed by atoms with van der Waals surface area (Å²) in [5.41, 5.74) is 8.69. The van der Waals surface area contributed by atoms with E-state index in [4.69, 9.17) is 9.92 Å². The molecule has 8 amide bonds. The van der Waals surface area contributed by atoms with Crippen molar-refractivity contribution >= 4 is 71.0 Å². The van der Waals surface area contributed by atoms with Gasteiger partial charge in [-0.15, -0.1) is 4.33 Å². The molecule has 5 aliphatic heterocycles. The van der Waals surface area contributed by atoms with Gasteiger partial charge in [-0.1, -0.05) is 44.4 Å². The van der Waals surface area contributed by atoms with Crippen molar-refractivity contribution in [1.29, 1.82) is 0 Å². The zero-order valence-electron chi connectivity index (χ0n) is 53.7. The number of nitrogens with zero attached hydrogens (tertiary/aromatic N) is 5. The molecule has 3 aromatic carbocycles. The Morgan fingerprint density at radius 3 is 1.97 bits per heavy atom. The maximum atomic E-state index is 14.7. The van der Waals surface area contributed by atoms with E-state index in [0.29, 0.717) is 12.0 Å². The number of anilines is 2. The number of aromatic hydroxyl groups is 1. The first kappa shape index (κ1) is 75.3. The second kappa shape index (κ2) is 34.3. The quantitative estimate of drug-likeness (QED) is 0.0197. The molecule has 14 atom stereocenters. The number of benzene rings is 3. The smallest absolute Gasteiger partial charge is 0.691 e. The Balaban J connectivity index is 0.0000118. The Morgan fingerprint density at radius 1 is 0.719 bits per heavy atom. The number of primary amides is 1. The van der Waals surface area contributed by atoms with Crippen molar-refractivity contribution in [1.82, 2.24) is 41.3 Å². The molecule has 33 heteroatoms. The summed E-state index contributed by atoms with van der Waals surface area (Å²) in [4.78, 5) is 123. The molecular weight excluding hydrogens is 1290 g/mol. The molecule has 0 bridgehead atoms. The van der Waals surface area contributed by atoms with Gasteiger partial charge in [-0.3, -0.25) is 48.3 Å². The van der Waals surface area contributed by atoms with Gasteiger partial charge in [-0.25, -0.2) is 0 Å². The van der Waals surface area contributed by atoms with Gasteiger partial charge in [-0.2, -0.15) is 0 Å². The Kier molecular flexibility index (Phi) is 26.9. The van der Waals surface area contributed by atoms with Crippen molar-refractivity contribution in [3.8, 4) is 11.5 Å². The van der Waals surface area contributed by atoms with Crippen molar-refractivity contribution in [2.75, 3.05) is 68.7 Å². The van der Waals surface area contributed by atoms with Crippen LogP contribution in [0.4, 0.5) is 11.4 Å². The van der Waals surface area contributed by atoms with E-state index < -0.39 is 183 Å². The van der Waals surface area contributed by atoms with Gasteiger partial charge in [0.15, 0.2) is 11.5 Å². The van der Waals surface area contributed by atoms with E-state index in [9.17, 15) is 84.5 Å². The number of phenolic OH excluding ortho intramolecular Hbond substituents is 1. The number of rotatable bonds is 17. The van der Waals surface area contributed by atoms with E-state index in [0.717, 1.165) is 92.7 Å². The van der Waals surface area contributed by atoms with Crippen LogP contribution in [0.3, 0.4) is 0 Å². The molecule has 520 valence electrons. The first-order chi connectivity index (χ1) is 45.4. The summed E-state index contributed by atoms with van der Waals surface area (Å²) in [5, 5.41) is 116. The van der Waals surface area contributed by atoms with E-state index in [2.05, 4.69) is 74.9 Å². The maximum absolute atomic E-state index is 14.7. The molecule has 6 fully saturated rings. The number of β-amino-alcohol motifs (C(OH)–C–C–N with tert-alkyl or cyclic N) is 1. The molecule has 31 nitrogen and oxygen atoms in total. The number of carbonyl (C=O) groups is 8. The first-order valence-corrected chi connectivity index (χ1v) is 32.8. The third-order valence-electron chi connectivity index (χ3n) is 19.1. The number of nitrogens with one attached hydrogen (secondary N) is 5. The molecule has 5 heterocycles. The van der Waals surface area contributed by atoms with Gasteiger partial charge >= 0.3 is 29.6 Å². The van der Waals surface area contributed by atoms with Crippen LogP contribution in [0.15, 0.2) is 66.7 Å². The van der Waals surface area contributed by atoms with E-state index in [1.807, 2.05) is 0 Å². The fraction of sp³-hybridized carbons (Fsp3) is 0.587. The predicted octanol–water partition coefficient (Wildman–Crippen LogP) is -6.28. The summed E-state index contributed by atoms with van der Waals surface area (Å²) in [6, 6.07) is 6.96. The number of nitrogens with two attached hydrogens (primary N) is 1. The van der Waals surface area contributed by atoms with E-state index >= 15 is 0 Å². The summed E-state index contributed by atoms with van der Waals surface area (Å²) in [7, 11) is 0. The number of piperazine rings is 1. The minimum Gasteiger partial charge on any atom is -0.691 e. The van der Waals surface area contributed by atoms with Crippen LogP contribution in [-0.4, -0.2) is 241 Å². The van der Waals surface area contributed by atoms with E-state index in [-0.39, 0.29) is 53.0 Å². The number of piperidine rings is 1. The summed E-state index contributed by atoms with van der Waals surface area (Å²) in [5.74, 6) is -11.1. The summed E-state index contributed by atoms with van der Waals surface area (Å²) < 4.78 is 9.08. The van der Waals surface area contributed by atoms with Crippen molar-refractivity contribution < 1.29 is 128 Å². The van der Waals surface area contributed by atoms with Crippen LogP contribution in [0.25, 0.3) is 0 Å². The summed E-state index contributed by atoms with van der Waals surface area (Å²) >= 11 is -0.0774. The fourth-order valence-electron chi connectivity index (χ4n) is 13.7. The second-order valence-electron chi connectivity index (χ2n) is 25.6. The SMILES string of the molecule is CC(O)C1NC(=O)C(NC(=O)c2ccc(N3CCC(N4CCN(c5ccc(C6CCCCC6)cc5)CC4)CC3)cc2)CC(O)CNC(=O)C2C(O)C(C)CN2C(=O)C(C(O)CC(N)=O)NC(=O)C(C(O)C(O)c2ccc(O)c(OSOO[O-])c2)NC(=O)C2CC(O)CN2C1=O.[Na+]. The number of aliphatic hydroxyl groups excluding tert-OH is 7. The molecule has 0 radical (unpaired) electrons. The molecule has 0 spiro atoms. The van der Waals surface area contributed by atoms with Crippen LogP contribution >= 0.6 is 12.3 Å². The van der Waals surface area contributed by atoms with Crippen molar-refractivity contribution in [2.45, 2.75) is 169 Å². The van der Waals surface area contributed by atoms with Crippen LogP contribution in [-0.2, 0) is 42.9 Å². The molecule has 6 aliphatic rings. The van der Waals surface area contributed by atoms with Crippen LogP contribution < -0.4 is 81.1 Å². The standard InChI is InChI=1S/C63H87N11O20S.Na/c1-33-31-74-53(54(33)81)61(88)65-30-42(76)27-44(66-57(84)37-10-15-39(16-11-37)70-20-18-41(19-21-70)72-24-22-71(23-25-72)40-13-8-36(9-14-40)35-6-4-3-5-7-35)58(85)67-50(34(2)75)62(89)73-32-43(77)28-45(73)59(86)69-52(60(87)68-51(63(74)90)47(79)29-49(64)80)56(83)55(82)38-12-17-46(78)48(26-38)92-95-94-93-91;/h8-17,26,33-35,41-45,47,50-56,75-79,81-83,91H,3-7,18-25,27-32H2,1-2H3,(H2,64,80)(H,65,88)(H,66,84)(H,67,85)(H,68,87)(H,69,86);/q;+1/p-1. The number of hydrogen-bond acceptors (Lipinski definition) is 24. The number of aliphatic hydroxyl groups is 7. The largest absolute Gasteiger partial charge is 1.00 e. The topological polar surface area (TPSA) is 452 Å². The van der Waals surface area contributed by atoms with E-state index in [1.54, 1.807) is 24.3 Å². The Morgan fingerprint density at radius 2 is 1.33 bits per heavy atom. The molecule has 5 saturated heterocycles. The molecule has 96 heavy (non-hydrogen) atoms. The van der Waals surface area contributed by atoms with Gasteiger partial charge in [0.25, 0.3) is 18.2 Å². The van der Waals surface area contributed by atoms with Crippen LogP contribution in [0, 0.1) is 5.92 Å². The zero-order valence-corrected chi connectivity index (χ0v) is 56.5. The van der Waals surface area contributed by atoms with Crippen molar-refractivity contribution in [3.05, 3.63) is 83.4 Å². The molecule has 14 unspecified atom stereocenters. The minimum atomic E-state index is -2.53. The zero-order chi connectivity index (χ0) is 68.4. The molecule has 3 aromatic rings. The van der Waals surface area contributed by atoms with Gasteiger partial charge in [-0.05, 0) is 98.2 Å². The van der Waals surface area contributed by atoms with Crippen LogP contribution in [0.2, 0.25) is 0 Å². The molecule has 9 rings (SSSR count). The van der Waals surface area contributed by atoms with Gasteiger partial charge in [0, 0.05) is 101 Å². The second-order valence-corrected chi connectivity index (χ2v) is 26.0. The average Bonchev–Trinajstić information content (AvgIpc) is 1.57. The number of carbonyl (C=O) groups excluding carboxylic acids is 8. The van der Waals surface area contributed by atoms with Gasteiger partial charge < -0.3 is 102 Å². The Labute approximate surface area is 580 Å². The fourth-order valence-corrected chi connectivity index (χ4v) is 14.0. The van der Waals surface area contributed by atoms with E-state index in [1.165, 1.54) is 50.3 Å². The van der Waals surface area contributed by atoms with Gasteiger partial charge in [0.2, 0.25) is 41.4 Å². The number of fused-ring (bicyclic) bond motifs is 2. The summed E-state index contributed by atoms with van der Waals surface area (Å²) in [6.07, 6.45) is -7.69. The maximum Gasteiger partial charge on any atom is 1.00 e. The average molecular weight is 1370 g/mol. The normalized spacial score (nSPS) is 27.9. The molecule has 15 N–H and O–H groups in total. The molecule has 1 aliphatic carbocycles. The Bertz CT molecular complexity index is 3180. The van der Waals surface area contributed by atoms with Crippen LogP contribution in [0.1, 0.15) is 112 Å². The number of amides is 8. The first-order valence-electron chi connectivity index (χ1n) is 32.1. The van der Waals surface area contributed by atoms with Crippen LogP contribution in [0.5, 0.6) is 11.5 Å². The molecule has 0 aromatic heterocycles. The monoisotopic (exact) mass is 1370 g/mol. The number of hydrogen-bond donors (Lipinski definition) is 14. The van der Waals surface area contributed by atoms with Crippen molar-refractivity contribution in [3.63, 3.8) is 0 Å². The third-order valence-corrected chi connectivity index (χ3v) is 19.4. The van der Waals surface area contributed by atoms with Crippen molar-refractivity contribution in [2.24, 2.45) is 11.7 Å². The number of phenols is 1. The summed E-state index contributed by atoms with van der Waals surface area (Å²) in [6.45, 7) is 6.09. The van der Waals surface area contributed by atoms with Gasteiger partial charge in [0.1, 0.15) is 48.5 Å². The predicted molar refractivity (Wildman–Crippen MR) is 336 cm³/mol. The Hall–Kier alpha value is -6.47. The third kappa shape index (κ3) is 18.4. The molecule has 1 saturated carbocycles. The minimum absolute atomic E-state index is 0.